The highest BCUT2D eigenvalue weighted by Crippen LogP contribution is 2.28. The number of aromatic nitrogens is 2. The molecule has 1 N–H and O–H groups in total. The summed E-state index contributed by atoms with van der Waals surface area (Å²) in [6, 6.07) is -0.430. The molecule has 3 atom stereocenters. The van der Waals surface area contributed by atoms with Gasteiger partial charge in [0.05, 0.1) is 24.1 Å². The minimum Gasteiger partial charge on any atom is -0.467 e. The molecule has 0 radical (unpaired) electrons. The molecule has 1 aromatic heterocycles. The van der Waals surface area contributed by atoms with Crippen molar-refractivity contribution in [1.82, 2.24) is 15.3 Å². The van der Waals surface area contributed by atoms with Gasteiger partial charge in [-0.15, -0.1) is 0 Å². The predicted molar refractivity (Wildman–Crippen MR) is 99.4 cm³/mol. The Morgan fingerprint density at radius 3 is 2.61 bits per heavy atom. The van der Waals surface area contributed by atoms with Gasteiger partial charge in [-0.3, -0.25) is 9.78 Å². The van der Waals surface area contributed by atoms with Crippen LogP contribution in [-0.2, 0) is 4.79 Å². The molecule has 152 valence electrons. The first kappa shape index (κ1) is 21.7. The Morgan fingerprint density at radius 1 is 1.36 bits per heavy atom. The fourth-order valence-corrected chi connectivity index (χ4v) is 2.77. The SMILES string of the molecule is C=C(C)C1=CC(C)C(CC(=O)N[C@H](C)c2cnc(OCC(F)(F)F)cn2)C=C1. The minimum atomic E-state index is -4.44. The highest BCUT2D eigenvalue weighted by molar-refractivity contribution is 5.77. The van der Waals surface area contributed by atoms with E-state index in [0.29, 0.717) is 12.1 Å². The van der Waals surface area contributed by atoms with E-state index in [-0.39, 0.29) is 23.6 Å². The second-order valence-corrected chi connectivity index (χ2v) is 6.96. The van der Waals surface area contributed by atoms with Crippen molar-refractivity contribution in [3.63, 3.8) is 0 Å². The van der Waals surface area contributed by atoms with Crippen LogP contribution >= 0.6 is 0 Å². The zero-order valence-corrected chi connectivity index (χ0v) is 16.1. The summed E-state index contributed by atoms with van der Waals surface area (Å²) < 4.78 is 40.9. The van der Waals surface area contributed by atoms with E-state index < -0.39 is 18.8 Å². The van der Waals surface area contributed by atoms with Gasteiger partial charge in [0, 0.05) is 6.42 Å². The molecule has 28 heavy (non-hydrogen) atoms. The van der Waals surface area contributed by atoms with Crippen LogP contribution < -0.4 is 10.1 Å². The number of carbonyl (C=O) groups excluding carboxylic acids is 1. The van der Waals surface area contributed by atoms with Crippen LogP contribution in [0.15, 0.2) is 48.3 Å². The van der Waals surface area contributed by atoms with Crippen molar-refractivity contribution in [2.75, 3.05) is 6.61 Å². The minimum absolute atomic E-state index is 0.0829. The standard InChI is InChI=1S/C20H24F3N3O2/c1-12(2)15-5-6-16(13(3)7-15)8-18(27)26-14(4)17-9-25-19(10-24-17)28-11-20(21,22)23/h5-7,9-10,13-14,16H,1,8,11H2,2-4H3,(H,26,27)/t13?,14-,16?/m1/s1. The number of halogens is 3. The number of hydrogen-bond donors (Lipinski definition) is 1. The van der Waals surface area contributed by atoms with Crippen LogP contribution in [0.2, 0.25) is 0 Å². The van der Waals surface area contributed by atoms with E-state index >= 15 is 0 Å². The number of rotatable bonds is 7. The van der Waals surface area contributed by atoms with Crippen LogP contribution in [0.1, 0.15) is 38.9 Å². The van der Waals surface area contributed by atoms with E-state index in [0.717, 1.165) is 17.3 Å². The summed E-state index contributed by atoms with van der Waals surface area (Å²) in [5.74, 6) is -0.0663. The zero-order valence-electron chi connectivity index (χ0n) is 16.1. The van der Waals surface area contributed by atoms with Gasteiger partial charge in [-0.05, 0) is 31.3 Å². The molecule has 0 saturated heterocycles. The Balaban J connectivity index is 1.87. The molecular formula is C20H24F3N3O2. The lowest BCUT2D eigenvalue weighted by atomic mass is 9.83. The molecule has 1 aliphatic carbocycles. The van der Waals surface area contributed by atoms with Gasteiger partial charge in [0.25, 0.3) is 0 Å². The fraction of sp³-hybridized carbons (Fsp3) is 0.450. The molecule has 1 aliphatic rings. The molecule has 0 spiro atoms. The number of hydrogen-bond acceptors (Lipinski definition) is 4. The van der Waals surface area contributed by atoms with E-state index in [1.165, 1.54) is 6.20 Å². The molecule has 0 fully saturated rings. The lowest BCUT2D eigenvalue weighted by molar-refractivity contribution is -0.154. The van der Waals surface area contributed by atoms with Crippen molar-refractivity contribution in [3.05, 3.63) is 54.0 Å². The Labute approximate surface area is 162 Å². The normalized spacial score (nSPS) is 20.3. The van der Waals surface area contributed by atoms with Gasteiger partial charge in [-0.25, -0.2) is 4.98 Å². The van der Waals surface area contributed by atoms with Gasteiger partial charge in [0.2, 0.25) is 11.8 Å². The van der Waals surface area contributed by atoms with Crippen molar-refractivity contribution in [2.45, 2.75) is 39.4 Å². The molecular weight excluding hydrogens is 371 g/mol. The number of amides is 1. The molecule has 2 unspecified atom stereocenters. The van der Waals surface area contributed by atoms with E-state index in [1.54, 1.807) is 6.92 Å². The van der Waals surface area contributed by atoms with Gasteiger partial charge in [-0.2, -0.15) is 13.2 Å². The van der Waals surface area contributed by atoms with Gasteiger partial charge >= 0.3 is 6.18 Å². The van der Waals surface area contributed by atoms with Crippen LogP contribution in [0.5, 0.6) is 5.88 Å². The van der Waals surface area contributed by atoms with Crippen LogP contribution in [-0.4, -0.2) is 28.7 Å². The van der Waals surface area contributed by atoms with Crippen LogP contribution in [0.25, 0.3) is 0 Å². The predicted octanol–water partition coefficient (Wildman–Crippen LogP) is 4.31. The Kier molecular flexibility index (Phi) is 6.99. The van der Waals surface area contributed by atoms with E-state index in [1.807, 2.05) is 19.1 Å². The summed E-state index contributed by atoms with van der Waals surface area (Å²) in [6.07, 6.45) is 4.39. The number of carbonyl (C=O) groups is 1. The van der Waals surface area contributed by atoms with E-state index in [4.69, 9.17) is 0 Å². The maximum atomic E-state index is 12.4. The Bertz CT molecular complexity index is 770. The maximum absolute atomic E-state index is 12.4. The third-order valence-electron chi connectivity index (χ3n) is 4.41. The Hall–Kier alpha value is -2.64. The van der Waals surface area contributed by atoms with Crippen LogP contribution in [0.4, 0.5) is 13.2 Å². The topological polar surface area (TPSA) is 64.1 Å². The molecule has 8 heteroatoms. The first-order valence-electron chi connectivity index (χ1n) is 8.92. The molecule has 1 heterocycles. The van der Waals surface area contributed by atoms with Gasteiger partial charge in [-0.1, -0.05) is 37.3 Å². The number of nitrogens with zero attached hydrogens (tertiary/aromatic N) is 2. The third-order valence-corrected chi connectivity index (χ3v) is 4.41. The summed E-state index contributed by atoms with van der Waals surface area (Å²) in [6.45, 7) is 8.23. The summed E-state index contributed by atoms with van der Waals surface area (Å²) in [7, 11) is 0. The average molecular weight is 395 g/mol. The monoisotopic (exact) mass is 395 g/mol. The molecule has 1 amide bonds. The zero-order chi connectivity index (χ0) is 20.9. The highest BCUT2D eigenvalue weighted by atomic mass is 19.4. The van der Waals surface area contributed by atoms with Gasteiger partial charge < -0.3 is 10.1 Å². The summed E-state index contributed by atoms with van der Waals surface area (Å²) in [4.78, 5) is 20.2. The summed E-state index contributed by atoms with van der Waals surface area (Å²) in [5, 5.41) is 2.84. The van der Waals surface area contributed by atoms with E-state index in [2.05, 4.69) is 39.6 Å². The first-order valence-corrected chi connectivity index (χ1v) is 8.92. The number of ether oxygens (including phenoxy) is 1. The smallest absolute Gasteiger partial charge is 0.422 e. The first-order chi connectivity index (χ1) is 13.0. The molecule has 0 aliphatic heterocycles. The highest BCUT2D eigenvalue weighted by Gasteiger charge is 2.28. The quantitative estimate of drug-likeness (QED) is 0.747. The van der Waals surface area contributed by atoms with Crippen molar-refractivity contribution < 1.29 is 22.7 Å². The third kappa shape index (κ3) is 6.51. The number of allylic oxidation sites excluding steroid dienone is 5. The number of alkyl halides is 3. The maximum Gasteiger partial charge on any atom is 0.422 e. The second kappa shape index (κ2) is 9.03. The summed E-state index contributed by atoms with van der Waals surface area (Å²) in [5.41, 5.74) is 2.51. The van der Waals surface area contributed by atoms with Crippen molar-refractivity contribution in [3.8, 4) is 5.88 Å². The van der Waals surface area contributed by atoms with Gasteiger partial charge in [0.1, 0.15) is 0 Å². The van der Waals surface area contributed by atoms with Gasteiger partial charge in [0.15, 0.2) is 6.61 Å². The molecule has 0 bridgehead atoms. The largest absolute Gasteiger partial charge is 0.467 e. The molecule has 1 aromatic rings. The second-order valence-electron chi connectivity index (χ2n) is 6.96. The van der Waals surface area contributed by atoms with Crippen molar-refractivity contribution >= 4 is 5.91 Å². The fourth-order valence-electron chi connectivity index (χ4n) is 2.77. The lowest BCUT2D eigenvalue weighted by Crippen LogP contribution is -2.30. The molecule has 2 rings (SSSR count). The van der Waals surface area contributed by atoms with Crippen molar-refractivity contribution in [2.24, 2.45) is 11.8 Å². The lowest BCUT2D eigenvalue weighted by Gasteiger charge is -2.23. The van der Waals surface area contributed by atoms with Crippen LogP contribution in [0, 0.1) is 11.8 Å². The van der Waals surface area contributed by atoms with E-state index in [9.17, 15) is 18.0 Å². The summed E-state index contributed by atoms with van der Waals surface area (Å²) >= 11 is 0. The molecule has 0 aromatic carbocycles. The molecule has 5 nitrogen and oxygen atoms in total. The molecule has 0 saturated carbocycles. The Morgan fingerprint density at radius 2 is 2.07 bits per heavy atom. The van der Waals surface area contributed by atoms with Crippen molar-refractivity contribution in [1.29, 1.82) is 0 Å². The average Bonchev–Trinajstić information content (AvgIpc) is 2.61. The number of nitrogens with one attached hydrogen (secondary N) is 1. The van der Waals surface area contributed by atoms with Crippen LogP contribution in [0.3, 0.4) is 0 Å².